The molecule has 6 rings (SSSR count). The Labute approximate surface area is 327 Å². The monoisotopic (exact) mass is 784 g/mol. The molecule has 1 aromatic rings. The highest BCUT2D eigenvalue weighted by molar-refractivity contribution is 5.88. The number of methoxy groups -OCH3 is 1. The number of hydrogen-bond acceptors (Lipinski definition) is 14. The molecule has 1 aromatic heterocycles. The zero-order chi connectivity index (χ0) is 41.5. The molecule has 0 amide bonds. The molecule has 0 N–H and O–H groups in total. The van der Waals surface area contributed by atoms with Gasteiger partial charge in [-0.1, -0.05) is 40.7 Å². The highest BCUT2D eigenvalue weighted by Gasteiger charge is 2.93. The predicted molar refractivity (Wildman–Crippen MR) is 195 cm³/mol. The number of esters is 6. The number of rotatable bonds is 9. The average molecular weight is 785 g/mol. The summed E-state index contributed by atoms with van der Waals surface area (Å²) in [5.74, 6) is -6.65. The third-order valence-corrected chi connectivity index (χ3v) is 14.6. The summed E-state index contributed by atoms with van der Waals surface area (Å²) >= 11 is 0. The first-order valence-corrected chi connectivity index (χ1v) is 19.5. The van der Waals surface area contributed by atoms with E-state index in [1.54, 1.807) is 53.2 Å². The van der Waals surface area contributed by atoms with E-state index >= 15 is 0 Å². The third-order valence-electron chi connectivity index (χ3n) is 14.6. The van der Waals surface area contributed by atoms with Crippen LogP contribution in [0, 0.1) is 39.4 Å². The molecule has 308 valence electrons. The van der Waals surface area contributed by atoms with Crippen molar-refractivity contribution in [2.75, 3.05) is 7.11 Å². The molecule has 56 heavy (non-hydrogen) atoms. The molecule has 1 aliphatic heterocycles. The van der Waals surface area contributed by atoms with Crippen LogP contribution in [0.3, 0.4) is 0 Å². The molecule has 14 heteroatoms. The lowest BCUT2D eigenvalue weighted by molar-refractivity contribution is -0.330. The average Bonchev–Trinajstić information content (AvgIpc) is 3.47. The van der Waals surface area contributed by atoms with Crippen LogP contribution in [0.25, 0.3) is 0 Å². The summed E-state index contributed by atoms with van der Waals surface area (Å²) in [6, 6.07) is 1.85. The molecule has 4 aliphatic carbocycles. The summed E-state index contributed by atoms with van der Waals surface area (Å²) in [7, 11) is 1.24. The fourth-order valence-electron chi connectivity index (χ4n) is 12.2. The van der Waals surface area contributed by atoms with Crippen molar-refractivity contribution in [3.8, 4) is 0 Å². The predicted octanol–water partition coefficient (Wildman–Crippen LogP) is 5.40. The zero-order valence-electron chi connectivity index (χ0n) is 34.4. The summed E-state index contributed by atoms with van der Waals surface area (Å²) in [4.78, 5) is 81.6. The highest BCUT2D eigenvalue weighted by atomic mass is 16.6. The summed E-state index contributed by atoms with van der Waals surface area (Å²) in [5.41, 5.74) is -5.39. The van der Waals surface area contributed by atoms with E-state index in [9.17, 15) is 28.8 Å². The Morgan fingerprint density at radius 2 is 1.43 bits per heavy atom. The molecule has 0 radical (unpaired) electrons. The van der Waals surface area contributed by atoms with Crippen LogP contribution < -0.4 is 0 Å². The van der Waals surface area contributed by atoms with Gasteiger partial charge in [0.05, 0.1) is 31.7 Å². The first kappa shape index (κ1) is 41.4. The Bertz CT molecular complexity index is 1820. The number of furan rings is 1. The number of ether oxygens (including phenoxy) is 7. The molecule has 4 saturated carbocycles. The van der Waals surface area contributed by atoms with E-state index in [4.69, 9.17) is 37.6 Å². The van der Waals surface area contributed by atoms with Crippen molar-refractivity contribution in [1.29, 1.82) is 0 Å². The minimum absolute atomic E-state index is 0.0105. The lowest BCUT2D eigenvalue weighted by Gasteiger charge is -2.72. The van der Waals surface area contributed by atoms with Crippen LogP contribution in [-0.2, 0) is 61.9 Å². The number of fused-ring (bicyclic) bond motifs is 3. The summed E-state index contributed by atoms with van der Waals surface area (Å²) in [6.07, 6.45) is -0.967. The van der Waals surface area contributed by atoms with Gasteiger partial charge in [-0.25, -0.2) is 4.79 Å². The SMILES string of the molecule is CC=C(C)C(=O)O[C@H]1C[C@H](OC(C)=O)[C@@](C)(C(=O)OC)[C@H]2C[C@@H](OC(C)=O)[C@]3(C)C([C@@H](OC(C)=O)[C@@H](OC(=O)C(C)C)[C@@]4(C)[C@@H](c5ccoc5)C[C@H]5O[C@]543)[C@@]12C. The number of epoxide rings is 1. The second-order valence-electron chi connectivity index (χ2n) is 17.5. The van der Waals surface area contributed by atoms with Gasteiger partial charge in [0.1, 0.15) is 41.5 Å². The Morgan fingerprint density at radius 1 is 0.804 bits per heavy atom. The van der Waals surface area contributed by atoms with Gasteiger partial charge in [-0.3, -0.25) is 24.0 Å². The van der Waals surface area contributed by atoms with Crippen LogP contribution in [0.15, 0.2) is 34.7 Å². The van der Waals surface area contributed by atoms with Crippen LogP contribution in [0.4, 0.5) is 0 Å². The number of allylic oxidation sites excluding steroid dienone is 1. The largest absolute Gasteiger partial charge is 0.472 e. The Balaban J connectivity index is 1.72. The van der Waals surface area contributed by atoms with Crippen LogP contribution in [0.5, 0.6) is 0 Å². The Kier molecular flexibility index (Phi) is 10.4. The maximum Gasteiger partial charge on any atom is 0.333 e. The van der Waals surface area contributed by atoms with E-state index in [-0.39, 0.29) is 18.8 Å². The van der Waals surface area contributed by atoms with Gasteiger partial charge in [-0.05, 0) is 51.2 Å². The van der Waals surface area contributed by atoms with Crippen molar-refractivity contribution in [2.24, 2.45) is 39.4 Å². The van der Waals surface area contributed by atoms with E-state index in [0.29, 0.717) is 12.0 Å². The van der Waals surface area contributed by atoms with E-state index in [1.165, 1.54) is 27.9 Å². The first-order valence-electron chi connectivity index (χ1n) is 19.5. The van der Waals surface area contributed by atoms with Gasteiger partial charge in [0, 0.05) is 60.8 Å². The Hall–Kier alpha value is -4.20. The van der Waals surface area contributed by atoms with Gasteiger partial charge in [-0.2, -0.15) is 0 Å². The van der Waals surface area contributed by atoms with Crippen molar-refractivity contribution >= 4 is 35.8 Å². The molecule has 2 heterocycles. The van der Waals surface area contributed by atoms with Gasteiger partial charge >= 0.3 is 35.8 Å². The van der Waals surface area contributed by atoms with E-state index in [2.05, 4.69) is 0 Å². The molecule has 0 bridgehead atoms. The van der Waals surface area contributed by atoms with Gasteiger partial charge < -0.3 is 37.6 Å². The van der Waals surface area contributed by atoms with E-state index in [1.807, 2.05) is 26.8 Å². The van der Waals surface area contributed by atoms with Gasteiger partial charge in [0.2, 0.25) is 0 Å². The number of carbonyl (C=O) groups is 6. The lowest BCUT2D eigenvalue weighted by atomic mass is 9.33. The molecule has 14 nitrogen and oxygen atoms in total. The molecule has 1 saturated heterocycles. The van der Waals surface area contributed by atoms with Crippen LogP contribution in [-0.4, -0.2) is 85.2 Å². The standard InChI is InChI=1S/C42H56O14/c1-13-21(4)36(47)54-28-18-29(51-22(5)43)39(9,37(48)49-12)27-17-30(52-23(6)44)41(11)33(38(27,28)8)32(53-24(7)45)34(55-35(46)20(2)3)40(10)26(25-14-15-50-19-25)16-31-42(40,41)56-31/h13-15,19-20,26-34H,16-18H2,1-12H3/t26-,27+,28+,29+,30-,31-,32-,33?,34-,38-,39+,40-,41-,42-/m1/s1. The third kappa shape index (κ3) is 5.58. The quantitative estimate of drug-likeness (QED) is 0.134. The zero-order valence-corrected chi connectivity index (χ0v) is 34.4. The van der Waals surface area contributed by atoms with Gasteiger partial charge in [-0.15, -0.1) is 0 Å². The molecular weight excluding hydrogens is 728 g/mol. The van der Waals surface area contributed by atoms with E-state index in [0.717, 1.165) is 5.56 Å². The van der Waals surface area contributed by atoms with Gasteiger partial charge in [0.15, 0.2) is 0 Å². The van der Waals surface area contributed by atoms with Crippen molar-refractivity contribution in [2.45, 2.75) is 144 Å². The van der Waals surface area contributed by atoms with E-state index < -0.39 is 117 Å². The van der Waals surface area contributed by atoms with Crippen molar-refractivity contribution in [3.05, 3.63) is 35.8 Å². The number of hydrogen-bond donors (Lipinski definition) is 0. The molecule has 14 atom stereocenters. The molecule has 5 fully saturated rings. The summed E-state index contributed by atoms with van der Waals surface area (Å²) in [6.45, 7) is 17.9. The Morgan fingerprint density at radius 3 is 1.96 bits per heavy atom. The molecule has 1 spiro atoms. The smallest absolute Gasteiger partial charge is 0.333 e. The number of carbonyl (C=O) groups excluding carboxylic acids is 6. The van der Waals surface area contributed by atoms with Crippen molar-refractivity contribution in [3.63, 3.8) is 0 Å². The second-order valence-corrected chi connectivity index (χ2v) is 17.5. The van der Waals surface area contributed by atoms with Crippen molar-refractivity contribution in [1.82, 2.24) is 0 Å². The molecule has 0 aromatic carbocycles. The minimum Gasteiger partial charge on any atom is -0.472 e. The van der Waals surface area contributed by atoms with Crippen LogP contribution >= 0.6 is 0 Å². The van der Waals surface area contributed by atoms with Crippen LogP contribution in [0.2, 0.25) is 0 Å². The molecule has 5 aliphatic rings. The topological polar surface area (TPSA) is 183 Å². The molecular formula is C42H56O14. The maximum atomic E-state index is 14.3. The fourth-order valence-corrected chi connectivity index (χ4v) is 12.2. The fraction of sp³-hybridized carbons (Fsp3) is 0.714. The van der Waals surface area contributed by atoms with Crippen LogP contribution in [0.1, 0.15) is 107 Å². The first-order chi connectivity index (χ1) is 26.1. The maximum absolute atomic E-state index is 14.3. The summed E-state index contributed by atoms with van der Waals surface area (Å²) < 4.78 is 49.8. The lowest BCUT2D eigenvalue weighted by Crippen LogP contribution is -2.81. The van der Waals surface area contributed by atoms with Gasteiger partial charge in [0.25, 0.3) is 0 Å². The van der Waals surface area contributed by atoms with Crippen molar-refractivity contribution < 1.29 is 66.3 Å². The minimum atomic E-state index is -1.62. The normalized spacial score (nSPS) is 42.2. The second kappa shape index (κ2) is 14.0. The molecule has 1 unspecified atom stereocenters. The highest BCUT2D eigenvalue weighted by Crippen LogP contribution is 2.83. The summed E-state index contributed by atoms with van der Waals surface area (Å²) in [5, 5.41) is 0.